The first-order valence-electron chi connectivity index (χ1n) is 19.3. The van der Waals surface area contributed by atoms with Crippen LogP contribution in [0.3, 0.4) is 0 Å². The van der Waals surface area contributed by atoms with Crippen molar-refractivity contribution >= 4 is 75.8 Å². The largest absolute Gasteiger partial charge is 0.364 e. The zero-order valence-electron chi connectivity index (χ0n) is 32.1. The van der Waals surface area contributed by atoms with Gasteiger partial charge in [-0.15, -0.1) is 0 Å². The molecule has 0 fully saturated rings. The smallest absolute Gasteiger partial charge is 0.209 e. The lowest BCUT2D eigenvalue weighted by molar-refractivity contribution is 0.475. The third-order valence-corrected chi connectivity index (χ3v) is 13.3. The van der Waals surface area contributed by atoms with E-state index in [4.69, 9.17) is 11.6 Å². The zero-order chi connectivity index (χ0) is 38.9. The maximum absolute atomic E-state index is 11.3. The highest BCUT2D eigenvalue weighted by molar-refractivity contribution is 7.71. The molecule has 55 heavy (non-hydrogen) atoms. The van der Waals surface area contributed by atoms with Crippen LogP contribution in [0.5, 0.6) is 0 Å². The Morgan fingerprint density at radius 2 is 1.33 bits per heavy atom. The summed E-state index contributed by atoms with van der Waals surface area (Å²) < 4.78 is 45.0. The van der Waals surface area contributed by atoms with Gasteiger partial charge in [0.05, 0.1) is 6.04 Å². The van der Waals surface area contributed by atoms with E-state index in [1.54, 1.807) is 0 Å². The van der Waals surface area contributed by atoms with Crippen molar-refractivity contribution in [3.63, 3.8) is 0 Å². The molecule has 0 radical (unpaired) electrons. The molecule has 0 bridgehead atoms. The molecule has 0 saturated heterocycles. The summed E-state index contributed by atoms with van der Waals surface area (Å²) in [6.45, 7) is 10.6. The molecule has 0 aromatic heterocycles. The molecule has 7 rings (SSSR count). The fourth-order valence-corrected chi connectivity index (χ4v) is 10.2. The van der Waals surface area contributed by atoms with Crippen LogP contribution >= 0.6 is 11.6 Å². The molecule has 4 aromatic carbocycles. The van der Waals surface area contributed by atoms with Crippen LogP contribution in [0.25, 0.3) is 21.5 Å². The van der Waals surface area contributed by atoms with Crippen molar-refractivity contribution in [3.05, 3.63) is 130 Å². The summed E-state index contributed by atoms with van der Waals surface area (Å²) in [6.07, 6.45) is 14.2. The molecular formula is C46H49ClN2O4S2. The van der Waals surface area contributed by atoms with E-state index in [-0.39, 0.29) is 16.9 Å². The molecule has 286 valence electrons. The normalized spacial score (nSPS) is 20.2. The maximum Gasteiger partial charge on any atom is 0.209 e. The lowest BCUT2D eigenvalue weighted by Crippen LogP contribution is -2.40. The molecule has 6 nitrogen and oxygen atoms in total. The van der Waals surface area contributed by atoms with Gasteiger partial charge in [0.2, 0.25) is 20.6 Å². The van der Waals surface area contributed by atoms with Gasteiger partial charge in [0, 0.05) is 56.8 Å². The first-order valence-corrected chi connectivity index (χ1v) is 21.9. The number of hydrogen-bond acceptors (Lipinski definition) is 6. The Hall–Kier alpha value is -4.37. The molecule has 2 aliphatic heterocycles. The lowest BCUT2D eigenvalue weighted by Gasteiger charge is -2.33. The van der Waals surface area contributed by atoms with E-state index >= 15 is 0 Å². The lowest BCUT2D eigenvalue weighted by atomic mass is 9.78. The summed E-state index contributed by atoms with van der Waals surface area (Å²) in [7, 11) is -4.33. The topological polar surface area (TPSA) is 74.8 Å². The number of anilines is 2. The number of halogens is 1. The molecular weight excluding hydrogens is 744 g/mol. The summed E-state index contributed by atoms with van der Waals surface area (Å²) in [5.74, 6) is 0. The van der Waals surface area contributed by atoms with Crippen molar-refractivity contribution < 1.29 is 16.8 Å². The van der Waals surface area contributed by atoms with E-state index in [0.717, 1.165) is 48.4 Å². The van der Waals surface area contributed by atoms with Crippen LogP contribution in [-0.2, 0) is 31.4 Å². The van der Waals surface area contributed by atoms with E-state index in [0.29, 0.717) is 25.8 Å². The van der Waals surface area contributed by atoms with Gasteiger partial charge >= 0.3 is 0 Å². The monoisotopic (exact) mass is 792 g/mol. The minimum Gasteiger partial charge on any atom is -0.364 e. The molecule has 0 amide bonds. The molecule has 4 aromatic rings. The van der Waals surface area contributed by atoms with Gasteiger partial charge in [-0.25, -0.2) is 0 Å². The highest BCUT2D eigenvalue weighted by Gasteiger charge is 2.44. The Kier molecular flexibility index (Phi) is 11.3. The molecule has 1 atom stereocenters. The molecule has 0 saturated carbocycles. The van der Waals surface area contributed by atoms with Gasteiger partial charge in [0.15, 0.2) is 0 Å². The Morgan fingerprint density at radius 1 is 0.727 bits per heavy atom. The average Bonchev–Trinajstić information content (AvgIpc) is 3.52. The predicted octanol–water partition coefficient (Wildman–Crippen LogP) is 10.2. The predicted molar refractivity (Wildman–Crippen MR) is 233 cm³/mol. The average molecular weight is 793 g/mol. The number of benzene rings is 4. The summed E-state index contributed by atoms with van der Waals surface area (Å²) in [5, 5.41) is 8.41. The molecule has 2 heterocycles. The van der Waals surface area contributed by atoms with Crippen LogP contribution in [0.15, 0.2) is 119 Å². The molecule has 0 spiro atoms. The standard InChI is InChI=1S/C46H49ClN2O4S2/c1-45(2)40(48(28-9-11-30-54(50)51)38-24-20-32-14-5-7-18-36(32)42(38)45)26-22-34-16-13-17-35(44(34)47)23-27-41-46(3,4)43-37-19-8-6-15-33(37)21-25-39(43)49(41)29-10-12-31-55(52)53/h5-8,14-15,18-27,30-31,40H,9-13,16-17,28-29H2,1-4H3. The Bertz CT molecular complexity index is 2560. The molecule has 3 aliphatic rings. The fourth-order valence-electron chi connectivity index (χ4n) is 9.21. The second kappa shape index (κ2) is 16.0. The Balaban J connectivity index is 1.23. The van der Waals surface area contributed by atoms with E-state index in [1.807, 2.05) is 0 Å². The number of unbranched alkanes of at least 4 members (excludes halogenated alkanes) is 2. The minimum absolute atomic E-state index is 0.0527. The highest BCUT2D eigenvalue weighted by Crippen LogP contribution is 2.52. The van der Waals surface area contributed by atoms with Crippen molar-refractivity contribution in [1.29, 1.82) is 0 Å². The van der Waals surface area contributed by atoms with E-state index in [1.165, 1.54) is 60.5 Å². The van der Waals surface area contributed by atoms with Gasteiger partial charge < -0.3 is 9.80 Å². The zero-order valence-corrected chi connectivity index (χ0v) is 34.4. The first kappa shape index (κ1) is 38.9. The number of nitrogens with zero attached hydrogens (tertiary/aromatic N) is 2. The molecule has 1 aliphatic carbocycles. The number of fused-ring (bicyclic) bond motifs is 6. The van der Waals surface area contributed by atoms with Gasteiger partial charge in [0.25, 0.3) is 0 Å². The summed E-state index contributed by atoms with van der Waals surface area (Å²) in [6, 6.07) is 25.9. The SMILES string of the molecule is CC1(C)C(=CC=C2CCCC(C=CC3N(CCCC=S(=O)=O)c4ccc5ccccc5c4C3(C)C)=C2Cl)N(CCCC=S(=O)=O)c2ccc3ccccc3c21. The number of rotatable bonds is 11. The summed E-state index contributed by atoms with van der Waals surface area (Å²) in [4.78, 5) is 4.81. The highest BCUT2D eigenvalue weighted by atomic mass is 35.5. The van der Waals surface area contributed by atoms with Crippen molar-refractivity contribution in [2.75, 3.05) is 22.9 Å². The van der Waals surface area contributed by atoms with Crippen LogP contribution in [0.1, 0.15) is 83.8 Å². The summed E-state index contributed by atoms with van der Waals surface area (Å²) in [5.41, 5.74) is 7.90. The third kappa shape index (κ3) is 7.61. The van der Waals surface area contributed by atoms with E-state index in [2.05, 4.69) is 135 Å². The minimum atomic E-state index is -2.17. The van der Waals surface area contributed by atoms with Crippen LogP contribution in [0, 0.1) is 0 Å². The van der Waals surface area contributed by atoms with Gasteiger partial charge in [-0.1, -0.05) is 118 Å². The van der Waals surface area contributed by atoms with Crippen molar-refractivity contribution in [2.24, 2.45) is 0 Å². The Labute approximate surface area is 333 Å². The number of allylic oxidation sites excluding steroid dienone is 7. The molecule has 1 unspecified atom stereocenters. The van der Waals surface area contributed by atoms with E-state index in [9.17, 15) is 16.8 Å². The number of hydrogen-bond donors (Lipinski definition) is 0. The van der Waals surface area contributed by atoms with Crippen molar-refractivity contribution in [2.45, 2.75) is 89.5 Å². The van der Waals surface area contributed by atoms with Crippen LogP contribution in [-0.4, -0.2) is 46.7 Å². The quantitative estimate of drug-likeness (QED) is 0.111. The van der Waals surface area contributed by atoms with E-state index < -0.39 is 20.6 Å². The molecule has 0 N–H and O–H groups in total. The van der Waals surface area contributed by atoms with Gasteiger partial charge in [-0.05, 0) is 107 Å². The van der Waals surface area contributed by atoms with Crippen molar-refractivity contribution in [3.8, 4) is 0 Å². The maximum atomic E-state index is 11.3. The first-order chi connectivity index (χ1) is 26.4. The van der Waals surface area contributed by atoms with Crippen molar-refractivity contribution in [1.82, 2.24) is 0 Å². The van der Waals surface area contributed by atoms with Crippen LogP contribution in [0.4, 0.5) is 11.4 Å². The van der Waals surface area contributed by atoms with Gasteiger partial charge in [0.1, 0.15) is 0 Å². The second-order valence-electron chi connectivity index (χ2n) is 15.9. The second-order valence-corrected chi connectivity index (χ2v) is 18.0. The fraction of sp³-hybridized carbons (Fsp3) is 0.348. The Morgan fingerprint density at radius 3 is 1.98 bits per heavy atom. The van der Waals surface area contributed by atoms with Crippen LogP contribution < -0.4 is 9.80 Å². The summed E-state index contributed by atoms with van der Waals surface area (Å²) >= 11 is 7.31. The third-order valence-electron chi connectivity index (χ3n) is 11.8. The molecule has 9 heteroatoms. The van der Waals surface area contributed by atoms with Gasteiger partial charge in [-0.3, -0.25) is 0 Å². The van der Waals surface area contributed by atoms with Gasteiger partial charge in [-0.2, -0.15) is 16.8 Å². The van der Waals surface area contributed by atoms with Crippen LogP contribution in [0.2, 0.25) is 0 Å².